The summed E-state index contributed by atoms with van der Waals surface area (Å²) >= 11 is 0. The molecule has 1 fully saturated rings. The standard InChI is InChI=1S/C17H24/c1-12-3-6-15-7-4-14(11-17(15)9-12)5-8-16-10-13(16)2/h3,6,11-12,15-17H,2,4-5,7-10H2,1H3. The van der Waals surface area contributed by atoms with E-state index in [1.54, 1.807) is 5.57 Å². The first-order chi connectivity index (χ1) is 8.22. The van der Waals surface area contributed by atoms with E-state index in [1.165, 1.54) is 44.1 Å². The van der Waals surface area contributed by atoms with Gasteiger partial charge < -0.3 is 0 Å². The summed E-state index contributed by atoms with van der Waals surface area (Å²) in [5.74, 6) is 3.36. The zero-order chi connectivity index (χ0) is 11.8. The van der Waals surface area contributed by atoms with Gasteiger partial charge in [-0.25, -0.2) is 0 Å². The minimum Gasteiger partial charge on any atom is -0.0995 e. The van der Waals surface area contributed by atoms with E-state index in [2.05, 4.69) is 31.7 Å². The third-order valence-corrected chi connectivity index (χ3v) is 4.87. The van der Waals surface area contributed by atoms with Crippen LogP contribution in [0.3, 0.4) is 0 Å². The van der Waals surface area contributed by atoms with Gasteiger partial charge in [-0.2, -0.15) is 0 Å². The molecule has 3 aliphatic rings. The van der Waals surface area contributed by atoms with Gasteiger partial charge in [0.15, 0.2) is 0 Å². The number of hydrogen-bond donors (Lipinski definition) is 0. The van der Waals surface area contributed by atoms with Crippen molar-refractivity contribution in [3.63, 3.8) is 0 Å². The fourth-order valence-corrected chi connectivity index (χ4v) is 3.53. The van der Waals surface area contributed by atoms with Crippen molar-refractivity contribution < 1.29 is 0 Å². The summed E-state index contributed by atoms with van der Waals surface area (Å²) in [6.07, 6.45) is 15.7. The first-order valence-corrected chi connectivity index (χ1v) is 7.28. The molecule has 0 amide bonds. The van der Waals surface area contributed by atoms with Gasteiger partial charge in [0, 0.05) is 0 Å². The Labute approximate surface area is 105 Å². The van der Waals surface area contributed by atoms with E-state index < -0.39 is 0 Å². The fraction of sp³-hybridized carbons (Fsp3) is 0.647. The maximum Gasteiger partial charge on any atom is -0.0162 e. The summed E-state index contributed by atoms with van der Waals surface area (Å²) in [5, 5.41) is 0. The lowest BCUT2D eigenvalue weighted by Crippen LogP contribution is -2.21. The van der Waals surface area contributed by atoms with Crippen LogP contribution in [-0.4, -0.2) is 0 Å². The van der Waals surface area contributed by atoms with Crippen molar-refractivity contribution in [3.8, 4) is 0 Å². The normalized spacial score (nSPS) is 39.8. The third kappa shape index (κ3) is 2.56. The maximum atomic E-state index is 4.06. The molecule has 0 aromatic carbocycles. The van der Waals surface area contributed by atoms with Gasteiger partial charge >= 0.3 is 0 Å². The smallest absolute Gasteiger partial charge is 0.0162 e. The van der Waals surface area contributed by atoms with E-state index >= 15 is 0 Å². The molecule has 0 heteroatoms. The molecule has 0 radical (unpaired) electrons. The molecule has 4 atom stereocenters. The molecule has 3 rings (SSSR count). The van der Waals surface area contributed by atoms with Crippen LogP contribution in [0.4, 0.5) is 0 Å². The average molecular weight is 228 g/mol. The molecule has 0 heterocycles. The van der Waals surface area contributed by atoms with Gasteiger partial charge in [-0.3, -0.25) is 0 Å². The van der Waals surface area contributed by atoms with Gasteiger partial charge in [-0.1, -0.05) is 42.9 Å². The molecule has 92 valence electrons. The van der Waals surface area contributed by atoms with E-state index in [1.807, 2.05) is 0 Å². The molecule has 0 aliphatic heterocycles. The predicted molar refractivity (Wildman–Crippen MR) is 73.7 cm³/mol. The monoisotopic (exact) mass is 228 g/mol. The Bertz CT molecular complexity index is 371. The Morgan fingerprint density at radius 1 is 1.29 bits per heavy atom. The van der Waals surface area contributed by atoms with Gasteiger partial charge in [0.1, 0.15) is 0 Å². The minimum atomic E-state index is 0.787. The van der Waals surface area contributed by atoms with E-state index in [4.69, 9.17) is 0 Å². The Morgan fingerprint density at radius 3 is 2.88 bits per heavy atom. The van der Waals surface area contributed by atoms with E-state index in [0.29, 0.717) is 0 Å². The molecule has 0 N–H and O–H groups in total. The van der Waals surface area contributed by atoms with Crippen LogP contribution in [0.5, 0.6) is 0 Å². The van der Waals surface area contributed by atoms with Crippen molar-refractivity contribution in [1.82, 2.24) is 0 Å². The quantitative estimate of drug-likeness (QED) is 0.603. The van der Waals surface area contributed by atoms with Crippen LogP contribution in [0, 0.1) is 23.7 Å². The lowest BCUT2D eigenvalue weighted by Gasteiger charge is -2.33. The third-order valence-electron chi connectivity index (χ3n) is 4.87. The van der Waals surface area contributed by atoms with Gasteiger partial charge in [0.2, 0.25) is 0 Å². The second kappa shape index (κ2) is 4.48. The number of rotatable bonds is 3. The second-order valence-electron chi connectivity index (χ2n) is 6.39. The van der Waals surface area contributed by atoms with Crippen LogP contribution in [0.25, 0.3) is 0 Å². The number of hydrogen-bond acceptors (Lipinski definition) is 0. The summed E-state index contributed by atoms with van der Waals surface area (Å²) in [7, 11) is 0. The average Bonchev–Trinajstić information content (AvgIpc) is 3.02. The number of allylic oxidation sites excluding steroid dienone is 5. The SMILES string of the molecule is C=C1CC1CCC1=CC2CC(C)C=CC2CC1. The molecule has 4 unspecified atom stereocenters. The highest BCUT2D eigenvalue weighted by Gasteiger charge is 2.29. The summed E-state index contributed by atoms with van der Waals surface area (Å²) in [6.45, 7) is 6.41. The highest BCUT2D eigenvalue weighted by Crippen LogP contribution is 2.43. The predicted octanol–water partition coefficient (Wildman–Crippen LogP) is 4.89. The van der Waals surface area contributed by atoms with E-state index in [9.17, 15) is 0 Å². The molecule has 3 aliphatic carbocycles. The fourth-order valence-electron chi connectivity index (χ4n) is 3.53. The zero-order valence-electron chi connectivity index (χ0n) is 11.0. The van der Waals surface area contributed by atoms with Crippen LogP contribution in [0.15, 0.2) is 36.0 Å². The maximum absolute atomic E-state index is 4.06. The van der Waals surface area contributed by atoms with Crippen LogP contribution >= 0.6 is 0 Å². The van der Waals surface area contributed by atoms with Crippen molar-refractivity contribution in [2.24, 2.45) is 23.7 Å². The van der Waals surface area contributed by atoms with Crippen molar-refractivity contribution in [2.45, 2.75) is 45.4 Å². The first kappa shape index (κ1) is 11.3. The topological polar surface area (TPSA) is 0 Å². The van der Waals surface area contributed by atoms with Crippen LogP contribution in [-0.2, 0) is 0 Å². The second-order valence-corrected chi connectivity index (χ2v) is 6.39. The van der Waals surface area contributed by atoms with Crippen molar-refractivity contribution in [1.29, 1.82) is 0 Å². The highest BCUT2D eigenvalue weighted by atomic mass is 14.3. The molecule has 0 aromatic rings. The van der Waals surface area contributed by atoms with Crippen molar-refractivity contribution in [2.75, 3.05) is 0 Å². The van der Waals surface area contributed by atoms with Crippen LogP contribution in [0.1, 0.15) is 45.4 Å². The highest BCUT2D eigenvalue weighted by molar-refractivity contribution is 5.21. The molecule has 0 saturated heterocycles. The lowest BCUT2D eigenvalue weighted by molar-refractivity contribution is 0.342. The summed E-state index contributed by atoms with van der Waals surface area (Å²) < 4.78 is 0. The summed E-state index contributed by atoms with van der Waals surface area (Å²) in [4.78, 5) is 0. The molecule has 0 spiro atoms. The Balaban J connectivity index is 1.59. The molecule has 1 saturated carbocycles. The van der Waals surface area contributed by atoms with E-state index in [0.717, 1.165) is 23.7 Å². The first-order valence-electron chi connectivity index (χ1n) is 7.28. The minimum absolute atomic E-state index is 0.787. The Kier molecular flexibility index (Phi) is 2.98. The van der Waals surface area contributed by atoms with Gasteiger partial charge in [-0.15, -0.1) is 0 Å². The zero-order valence-corrected chi connectivity index (χ0v) is 11.0. The van der Waals surface area contributed by atoms with Gasteiger partial charge in [-0.05, 0) is 62.2 Å². The lowest BCUT2D eigenvalue weighted by atomic mass is 9.72. The summed E-state index contributed by atoms with van der Waals surface area (Å²) in [6, 6.07) is 0. The Hall–Kier alpha value is -0.780. The largest absolute Gasteiger partial charge is 0.0995 e. The Morgan fingerprint density at radius 2 is 2.12 bits per heavy atom. The van der Waals surface area contributed by atoms with Gasteiger partial charge in [0.25, 0.3) is 0 Å². The molecule has 17 heavy (non-hydrogen) atoms. The molecular formula is C17H24. The van der Waals surface area contributed by atoms with Gasteiger partial charge in [0.05, 0.1) is 0 Å². The molecule has 0 nitrogen and oxygen atoms in total. The number of fused-ring (bicyclic) bond motifs is 1. The van der Waals surface area contributed by atoms with Crippen molar-refractivity contribution in [3.05, 3.63) is 36.0 Å². The van der Waals surface area contributed by atoms with E-state index in [-0.39, 0.29) is 0 Å². The van der Waals surface area contributed by atoms with Crippen molar-refractivity contribution >= 4 is 0 Å². The van der Waals surface area contributed by atoms with Crippen LogP contribution in [0.2, 0.25) is 0 Å². The summed E-state index contributed by atoms with van der Waals surface area (Å²) in [5.41, 5.74) is 3.24. The van der Waals surface area contributed by atoms with Crippen LogP contribution < -0.4 is 0 Å². The molecular weight excluding hydrogens is 204 g/mol. The molecule has 0 bridgehead atoms. The molecule has 0 aromatic heterocycles.